The minimum absolute atomic E-state index is 0.119. The van der Waals surface area contributed by atoms with Gasteiger partial charge in [0.25, 0.3) is 5.91 Å². The smallest absolute Gasteiger partial charge is 0.345 e. The number of nitrogens with zero attached hydrogens (tertiary/aromatic N) is 3. The molecule has 0 spiro atoms. The lowest BCUT2D eigenvalue weighted by Crippen LogP contribution is -2.23. The molecule has 1 amide bonds. The molecule has 0 aliphatic rings. The molecule has 5 nitrogen and oxygen atoms in total. The Labute approximate surface area is 151 Å². The molecule has 0 saturated heterocycles. The van der Waals surface area contributed by atoms with Crippen LogP contribution in [0, 0.1) is 0 Å². The lowest BCUT2D eigenvalue weighted by Gasteiger charge is -2.08. The average Bonchev–Trinajstić information content (AvgIpc) is 3.28. The van der Waals surface area contributed by atoms with Crippen molar-refractivity contribution in [3.63, 3.8) is 0 Å². The first-order chi connectivity index (χ1) is 12.4. The first kappa shape index (κ1) is 18.1. The number of amides is 1. The molecular weight excluding hydrogens is 365 g/mol. The zero-order chi connectivity index (χ0) is 18.7. The van der Waals surface area contributed by atoms with E-state index in [4.69, 9.17) is 0 Å². The monoisotopic (exact) mass is 380 g/mol. The molecule has 3 aromatic rings. The van der Waals surface area contributed by atoms with Crippen LogP contribution >= 0.6 is 11.3 Å². The van der Waals surface area contributed by atoms with Gasteiger partial charge in [-0.2, -0.15) is 13.2 Å². The van der Waals surface area contributed by atoms with E-state index < -0.39 is 17.6 Å². The van der Waals surface area contributed by atoms with Crippen LogP contribution in [0.3, 0.4) is 0 Å². The van der Waals surface area contributed by atoms with E-state index in [-0.39, 0.29) is 17.9 Å². The van der Waals surface area contributed by atoms with E-state index in [1.165, 1.54) is 40.6 Å². The third-order valence-corrected chi connectivity index (χ3v) is 4.66. The summed E-state index contributed by atoms with van der Waals surface area (Å²) >= 11 is 1.53. The van der Waals surface area contributed by atoms with Crippen LogP contribution in [0.25, 0.3) is 5.69 Å². The largest absolute Gasteiger partial charge is 0.416 e. The second kappa shape index (κ2) is 7.28. The number of rotatable bonds is 5. The van der Waals surface area contributed by atoms with Gasteiger partial charge in [0.15, 0.2) is 0 Å². The van der Waals surface area contributed by atoms with Crippen LogP contribution in [0.2, 0.25) is 0 Å². The van der Waals surface area contributed by atoms with Gasteiger partial charge >= 0.3 is 6.18 Å². The zero-order valence-corrected chi connectivity index (χ0v) is 14.6. The molecule has 0 aliphatic carbocycles. The lowest BCUT2D eigenvalue weighted by atomic mass is 10.2. The number of hydrogen-bond donors (Lipinski definition) is 1. The number of halogens is 3. The Balaban J connectivity index is 1.70. The third kappa shape index (κ3) is 4.10. The summed E-state index contributed by atoms with van der Waals surface area (Å²) in [7, 11) is 0. The Morgan fingerprint density at radius 1 is 1.35 bits per heavy atom. The Hall–Kier alpha value is -2.68. The highest BCUT2D eigenvalue weighted by molar-refractivity contribution is 7.09. The molecular formula is C17H15F3N4OS. The molecule has 0 radical (unpaired) electrons. The van der Waals surface area contributed by atoms with Gasteiger partial charge in [-0.15, -0.1) is 11.3 Å². The third-order valence-electron chi connectivity index (χ3n) is 3.62. The summed E-state index contributed by atoms with van der Waals surface area (Å²) in [5.41, 5.74) is 0.397. The predicted octanol–water partition coefficient (Wildman–Crippen LogP) is 3.84. The quantitative estimate of drug-likeness (QED) is 0.732. The average molecular weight is 380 g/mol. The van der Waals surface area contributed by atoms with E-state index >= 15 is 0 Å². The minimum Gasteiger partial charge on any atom is -0.345 e. The molecule has 0 unspecified atom stereocenters. The number of nitrogens with one attached hydrogen (secondary N) is 1. The second-order valence-electron chi connectivity index (χ2n) is 5.48. The van der Waals surface area contributed by atoms with Crippen LogP contribution < -0.4 is 5.32 Å². The van der Waals surface area contributed by atoms with Crippen LogP contribution in [0.5, 0.6) is 0 Å². The van der Waals surface area contributed by atoms with Crippen molar-refractivity contribution in [2.45, 2.75) is 26.1 Å². The fourth-order valence-electron chi connectivity index (χ4n) is 2.28. The van der Waals surface area contributed by atoms with E-state index in [9.17, 15) is 18.0 Å². The summed E-state index contributed by atoms with van der Waals surface area (Å²) in [6.07, 6.45) is -0.895. The van der Waals surface area contributed by atoms with Crippen molar-refractivity contribution in [1.82, 2.24) is 19.9 Å². The number of carbonyl (C=O) groups is 1. The van der Waals surface area contributed by atoms with Crippen LogP contribution in [0.1, 0.15) is 33.7 Å². The van der Waals surface area contributed by atoms with E-state index in [1.807, 2.05) is 12.3 Å². The van der Waals surface area contributed by atoms with Crippen LogP contribution in [0.4, 0.5) is 13.2 Å². The van der Waals surface area contributed by atoms with Crippen molar-refractivity contribution in [2.24, 2.45) is 0 Å². The van der Waals surface area contributed by atoms with Gasteiger partial charge in [0.2, 0.25) is 0 Å². The topological polar surface area (TPSA) is 59.8 Å². The molecule has 0 saturated carbocycles. The van der Waals surface area contributed by atoms with Gasteiger partial charge in [0.05, 0.1) is 22.8 Å². The Kier molecular flexibility index (Phi) is 5.08. The zero-order valence-electron chi connectivity index (χ0n) is 13.7. The summed E-state index contributed by atoms with van der Waals surface area (Å²) in [5.74, 6) is -0.415. The molecule has 136 valence electrons. The molecule has 26 heavy (non-hydrogen) atoms. The molecule has 2 aromatic heterocycles. The predicted molar refractivity (Wildman–Crippen MR) is 91.2 cm³/mol. The standard InChI is InChI=1S/C17H15F3N4OS/c1-2-15-23-12(9-26-15)7-21-16(25)14-8-24(10-22-14)13-5-3-4-11(6-13)17(18,19)20/h3-6,8-10H,2,7H2,1H3,(H,21,25). The van der Waals surface area contributed by atoms with Crippen molar-refractivity contribution < 1.29 is 18.0 Å². The summed E-state index contributed by atoms with van der Waals surface area (Å²) in [5, 5.41) is 5.57. The Morgan fingerprint density at radius 3 is 2.85 bits per heavy atom. The summed E-state index contributed by atoms with van der Waals surface area (Å²) in [6, 6.07) is 4.82. The molecule has 1 N–H and O–H groups in total. The first-order valence-electron chi connectivity index (χ1n) is 7.80. The van der Waals surface area contributed by atoms with Gasteiger partial charge in [-0.05, 0) is 24.6 Å². The Morgan fingerprint density at radius 2 is 2.15 bits per heavy atom. The SMILES string of the molecule is CCc1nc(CNC(=O)c2cn(-c3cccc(C(F)(F)F)c3)cn2)cs1. The van der Waals surface area contributed by atoms with Crippen molar-refractivity contribution in [1.29, 1.82) is 0 Å². The number of aromatic nitrogens is 3. The molecule has 0 aliphatic heterocycles. The molecule has 9 heteroatoms. The number of benzene rings is 1. The number of thiazole rings is 1. The number of aryl methyl sites for hydroxylation is 1. The molecule has 0 bridgehead atoms. The number of alkyl halides is 3. The van der Waals surface area contributed by atoms with Crippen LogP contribution in [0.15, 0.2) is 42.2 Å². The van der Waals surface area contributed by atoms with Gasteiger partial charge in [-0.3, -0.25) is 4.79 Å². The van der Waals surface area contributed by atoms with Crippen molar-refractivity contribution in [2.75, 3.05) is 0 Å². The van der Waals surface area contributed by atoms with E-state index in [0.717, 1.165) is 29.3 Å². The summed E-state index contributed by atoms with van der Waals surface area (Å²) in [4.78, 5) is 20.5. The normalized spacial score (nSPS) is 11.5. The molecule has 0 atom stereocenters. The van der Waals surface area contributed by atoms with Gasteiger partial charge in [0.1, 0.15) is 12.0 Å². The first-order valence-corrected chi connectivity index (χ1v) is 8.68. The number of imidazole rings is 1. The maximum atomic E-state index is 12.8. The van der Waals surface area contributed by atoms with Crippen molar-refractivity contribution >= 4 is 17.2 Å². The highest BCUT2D eigenvalue weighted by atomic mass is 32.1. The number of carbonyl (C=O) groups excluding carboxylic acids is 1. The fraction of sp³-hybridized carbons (Fsp3) is 0.235. The summed E-state index contributed by atoms with van der Waals surface area (Å²) in [6.45, 7) is 2.27. The van der Waals surface area contributed by atoms with E-state index in [0.29, 0.717) is 0 Å². The molecule has 2 heterocycles. The van der Waals surface area contributed by atoms with Gasteiger partial charge in [-0.25, -0.2) is 9.97 Å². The highest BCUT2D eigenvalue weighted by Gasteiger charge is 2.30. The lowest BCUT2D eigenvalue weighted by molar-refractivity contribution is -0.137. The van der Waals surface area contributed by atoms with Crippen LogP contribution in [-0.4, -0.2) is 20.4 Å². The van der Waals surface area contributed by atoms with Gasteiger partial charge in [0, 0.05) is 17.3 Å². The van der Waals surface area contributed by atoms with Crippen LogP contribution in [-0.2, 0) is 19.1 Å². The van der Waals surface area contributed by atoms with Gasteiger partial charge in [-0.1, -0.05) is 13.0 Å². The van der Waals surface area contributed by atoms with Crippen molar-refractivity contribution in [3.8, 4) is 5.69 Å². The maximum Gasteiger partial charge on any atom is 0.416 e. The van der Waals surface area contributed by atoms with E-state index in [1.54, 1.807) is 0 Å². The Bertz CT molecular complexity index is 917. The van der Waals surface area contributed by atoms with Gasteiger partial charge < -0.3 is 9.88 Å². The highest BCUT2D eigenvalue weighted by Crippen LogP contribution is 2.30. The molecule has 3 rings (SSSR count). The fourth-order valence-corrected chi connectivity index (χ4v) is 3.02. The second-order valence-corrected chi connectivity index (χ2v) is 6.43. The summed E-state index contributed by atoms with van der Waals surface area (Å²) < 4.78 is 39.8. The maximum absolute atomic E-state index is 12.8. The molecule has 0 fully saturated rings. The van der Waals surface area contributed by atoms with Crippen molar-refractivity contribution in [3.05, 3.63) is 64.1 Å². The van der Waals surface area contributed by atoms with E-state index in [2.05, 4.69) is 15.3 Å². The number of hydrogen-bond acceptors (Lipinski definition) is 4. The minimum atomic E-state index is -4.43. The molecule has 1 aromatic carbocycles.